The summed E-state index contributed by atoms with van der Waals surface area (Å²) >= 11 is 0. The lowest BCUT2D eigenvalue weighted by Crippen LogP contribution is -2.58. The number of aromatic carboxylic acids is 1. The molecule has 2 fully saturated rings. The van der Waals surface area contributed by atoms with Crippen LogP contribution in [0.3, 0.4) is 0 Å². The van der Waals surface area contributed by atoms with E-state index in [1.54, 1.807) is 36.4 Å². The van der Waals surface area contributed by atoms with Gasteiger partial charge >= 0.3 is 5.97 Å². The third-order valence-corrected chi connectivity index (χ3v) is 12.1. The van der Waals surface area contributed by atoms with Gasteiger partial charge in [-0.05, 0) is 53.5 Å². The lowest BCUT2D eigenvalue weighted by atomic mass is 9.44. The second kappa shape index (κ2) is 12.2. The average molecular weight is 716 g/mol. The van der Waals surface area contributed by atoms with E-state index in [1.165, 1.54) is 12.1 Å². The Bertz CT molecular complexity index is 2520. The molecule has 4 aliphatic rings. The summed E-state index contributed by atoms with van der Waals surface area (Å²) in [6, 6.07) is 32.8. The Hall–Kier alpha value is -6.61. The van der Waals surface area contributed by atoms with Crippen molar-refractivity contribution < 1.29 is 39.3 Å². The third-order valence-electron chi connectivity index (χ3n) is 12.1. The van der Waals surface area contributed by atoms with Gasteiger partial charge in [-0.3, -0.25) is 19.2 Å². The maximum absolute atomic E-state index is 15.3. The first-order chi connectivity index (χ1) is 26.1. The molecule has 3 N–H and O–H groups in total. The molecule has 0 unspecified atom stereocenters. The third kappa shape index (κ3) is 4.60. The molecule has 6 atom stereocenters. The largest absolute Gasteiger partial charge is 0.507 e. The number of carbonyl (C=O) groups excluding carboxylic acids is 4. The minimum Gasteiger partial charge on any atom is -0.507 e. The Balaban J connectivity index is 1.27. The van der Waals surface area contributed by atoms with Crippen LogP contribution in [-0.2, 0) is 24.6 Å². The number of allylic oxidation sites excluding steroid dienone is 4. The Kier molecular flexibility index (Phi) is 7.53. The molecule has 1 saturated heterocycles. The maximum Gasteiger partial charge on any atom is 0.339 e. The number of fused-ring (bicyclic) bond motifs is 5. The highest BCUT2D eigenvalue weighted by molar-refractivity contribution is 6.32. The predicted octanol–water partition coefficient (Wildman–Crippen LogP) is 6.98. The molecule has 0 aromatic heterocycles. The predicted molar refractivity (Wildman–Crippen MR) is 200 cm³/mol. The zero-order valence-electron chi connectivity index (χ0n) is 28.8. The second-order valence-electron chi connectivity index (χ2n) is 14.5. The Morgan fingerprint density at radius 1 is 0.759 bits per heavy atom. The van der Waals surface area contributed by atoms with Crippen LogP contribution in [0.25, 0.3) is 16.3 Å². The van der Waals surface area contributed by atoms with Gasteiger partial charge in [-0.25, -0.2) is 9.69 Å². The van der Waals surface area contributed by atoms with Crippen molar-refractivity contribution in [2.45, 2.75) is 24.2 Å². The molecule has 0 spiro atoms. The number of benzene rings is 5. The van der Waals surface area contributed by atoms with Gasteiger partial charge in [0.1, 0.15) is 17.1 Å². The van der Waals surface area contributed by atoms with Crippen LogP contribution in [0.1, 0.15) is 45.8 Å². The molecule has 54 heavy (non-hydrogen) atoms. The number of nitrogens with zero attached hydrogens (tertiary/aromatic N) is 1. The van der Waals surface area contributed by atoms with Crippen molar-refractivity contribution in [3.8, 4) is 11.5 Å². The zero-order chi connectivity index (χ0) is 37.5. The van der Waals surface area contributed by atoms with E-state index in [1.807, 2.05) is 66.7 Å². The van der Waals surface area contributed by atoms with E-state index in [2.05, 4.69) is 0 Å². The Morgan fingerprint density at radius 2 is 1.46 bits per heavy atom. The summed E-state index contributed by atoms with van der Waals surface area (Å²) in [5.74, 6) is -7.85. The summed E-state index contributed by atoms with van der Waals surface area (Å²) in [6.07, 6.45) is 3.60. The molecule has 9 nitrogen and oxygen atoms in total. The van der Waals surface area contributed by atoms with Crippen LogP contribution in [0.5, 0.6) is 11.5 Å². The quantitative estimate of drug-likeness (QED) is 0.130. The molecule has 1 aliphatic heterocycles. The summed E-state index contributed by atoms with van der Waals surface area (Å²) in [5, 5.41) is 33.5. The normalized spacial score (nSPS) is 26.1. The fraction of sp³-hybridized carbons (Fsp3) is 0.178. The number of phenolic OH excluding ortho intramolecular Hbond substituents is 1. The highest BCUT2D eigenvalue weighted by Gasteiger charge is 2.66. The number of aromatic hydroxyl groups is 2. The second-order valence-corrected chi connectivity index (χ2v) is 14.5. The average Bonchev–Trinajstić information content (AvgIpc) is 3.45. The van der Waals surface area contributed by atoms with E-state index < -0.39 is 58.5 Å². The van der Waals surface area contributed by atoms with Crippen molar-refractivity contribution in [2.75, 3.05) is 4.90 Å². The van der Waals surface area contributed by atoms with Crippen molar-refractivity contribution in [1.29, 1.82) is 0 Å². The van der Waals surface area contributed by atoms with Crippen LogP contribution in [-0.4, -0.2) is 44.7 Å². The molecule has 9 heteroatoms. The molecular formula is C45H33NO8. The first kappa shape index (κ1) is 33.2. The molecule has 9 rings (SSSR count). The highest BCUT2D eigenvalue weighted by Crippen LogP contribution is 2.65. The van der Waals surface area contributed by atoms with Crippen molar-refractivity contribution in [3.05, 3.63) is 155 Å². The molecule has 3 aliphatic carbocycles. The number of Topliss-reactive ketones (excluding diaryl/α,β-unsaturated/α-hetero) is 1. The standard InChI is InChI=1S/C45H33NO8/c47-36-21-27(16-18-30(36)44(53)54)46-42(51)31-20-19-29-34(38(31)43(46)52)22-35-41(50)33(24-9-3-1-4-10-24)23-37(48)45(35,26-12-5-2-6-13-26)39(29)32-17-15-25-11-7-8-14-28(25)40(32)49/h1-19,21,23,31,34-35,38-39,47,49H,20,22H2,(H,53,54)/t31-,34+,35-,38-,39+,45-/m0/s1. The first-order valence-corrected chi connectivity index (χ1v) is 17.9. The van der Waals surface area contributed by atoms with Crippen molar-refractivity contribution in [2.24, 2.45) is 23.7 Å². The van der Waals surface area contributed by atoms with Crippen LogP contribution in [0.4, 0.5) is 5.69 Å². The number of hydrogen-bond donors (Lipinski definition) is 3. The van der Waals surface area contributed by atoms with Gasteiger partial charge in [-0.1, -0.05) is 109 Å². The molecular weight excluding hydrogens is 682 g/mol. The lowest BCUT2D eigenvalue weighted by Gasteiger charge is -2.55. The van der Waals surface area contributed by atoms with Crippen LogP contribution < -0.4 is 4.90 Å². The number of carbonyl (C=O) groups is 5. The summed E-state index contributed by atoms with van der Waals surface area (Å²) in [4.78, 5) is 71.8. The highest BCUT2D eigenvalue weighted by atomic mass is 16.4. The van der Waals surface area contributed by atoms with Gasteiger partial charge in [0, 0.05) is 34.4 Å². The van der Waals surface area contributed by atoms with E-state index >= 15 is 9.59 Å². The first-order valence-electron chi connectivity index (χ1n) is 17.9. The van der Waals surface area contributed by atoms with Gasteiger partial charge in [-0.15, -0.1) is 0 Å². The van der Waals surface area contributed by atoms with Gasteiger partial charge in [0.05, 0.1) is 22.9 Å². The Morgan fingerprint density at radius 3 is 2.19 bits per heavy atom. The van der Waals surface area contributed by atoms with Gasteiger partial charge in [0.2, 0.25) is 11.8 Å². The zero-order valence-corrected chi connectivity index (χ0v) is 28.8. The van der Waals surface area contributed by atoms with Crippen LogP contribution >= 0.6 is 0 Å². The van der Waals surface area contributed by atoms with E-state index in [4.69, 9.17) is 0 Å². The topological polar surface area (TPSA) is 149 Å². The number of hydrogen-bond acceptors (Lipinski definition) is 7. The monoisotopic (exact) mass is 715 g/mol. The number of anilines is 1. The molecule has 5 aromatic carbocycles. The van der Waals surface area contributed by atoms with E-state index in [-0.39, 0.29) is 47.0 Å². The summed E-state index contributed by atoms with van der Waals surface area (Å²) in [5.41, 5.74) is 0.778. The van der Waals surface area contributed by atoms with Crippen LogP contribution in [0, 0.1) is 23.7 Å². The maximum atomic E-state index is 15.3. The molecule has 266 valence electrons. The van der Waals surface area contributed by atoms with Gasteiger partial charge in [-0.2, -0.15) is 0 Å². The number of phenols is 2. The number of imide groups is 1. The smallest absolute Gasteiger partial charge is 0.339 e. The summed E-state index contributed by atoms with van der Waals surface area (Å²) < 4.78 is 0. The van der Waals surface area contributed by atoms with Crippen LogP contribution in [0.15, 0.2) is 133 Å². The fourth-order valence-electron chi connectivity index (χ4n) is 9.82. The van der Waals surface area contributed by atoms with Crippen LogP contribution in [0.2, 0.25) is 0 Å². The number of carboxylic acids is 1. The molecule has 2 amide bonds. The fourth-order valence-corrected chi connectivity index (χ4v) is 9.82. The van der Waals surface area contributed by atoms with E-state index in [0.717, 1.165) is 22.4 Å². The Labute approximate surface area is 309 Å². The molecule has 1 saturated carbocycles. The number of ketones is 2. The molecule has 0 radical (unpaired) electrons. The summed E-state index contributed by atoms with van der Waals surface area (Å²) in [6.45, 7) is 0. The molecule has 0 bridgehead atoms. The SMILES string of the molecule is O=C(O)c1ccc(N2C(=O)[C@H]3[C@H](CC=C4[C@H]3C[C@H]3C(=O)C(c5ccccc5)=CC(=O)[C@@]3(c3ccccc3)[C@H]4c3ccc4ccccc4c3O)C2=O)cc1O. The molecule has 5 aromatic rings. The van der Waals surface area contributed by atoms with Gasteiger partial charge in [0.25, 0.3) is 0 Å². The number of carboxylic acid groups (broad SMARTS) is 1. The van der Waals surface area contributed by atoms with E-state index in [9.17, 15) is 29.7 Å². The van der Waals surface area contributed by atoms with Gasteiger partial charge < -0.3 is 15.3 Å². The van der Waals surface area contributed by atoms with Crippen molar-refractivity contribution in [3.63, 3.8) is 0 Å². The van der Waals surface area contributed by atoms with Gasteiger partial charge in [0.15, 0.2) is 11.6 Å². The lowest BCUT2D eigenvalue weighted by molar-refractivity contribution is -0.135. The summed E-state index contributed by atoms with van der Waals surface area (Å²) in [7, 11) is 0. The number of rotatable bonds is 5. The van der Waals surface area contributed by atoms with E-state index in [0.29, 0.717) is 27.6 Å². The minimum absolute atomic E-state index is 0.0293. The van der Waals surface area contributed by atoms with Crippen molar-refractivity contribution in [1.82, 2.24) is 0 Å². The van der Waals surface area contributed by atoms with Crippen molar-refractivity contribution >= 4 is 51.4 Å². The minimum atomic E-state index is -1.50. The number of amides is 2. The molecule has 1 heterocycles.